The van der Waals surface area contributed by atoms with E-state index in [-0.39, 0.29) is 17.6 Å². The number of unbranched alkanes of at least 4 members (excludes halogenated alkanes) is 1. The lowest BCUT2D eigenvalue weighted by Crippen LogP contribution is -2.26. The summed E-state index contributed by atoms with van der Waals surface area (Å²) in [5, 5.41) is 0.805. The Labute approximate surface area is 196 Å². The molecule has 0 bridgehead atoms. The number of aryl methyl sites for hydroxylation is 2. The van der Waals surface area contributed by atoms with Crippen molar-refractivity contribution in [3.8, 4) is 5.75 Å². The van der Waals surface area contributed by atoms with E-state index >= 15 is 0 Å². The molecule has 1 aliphatic heterocycles. The van der Waals surface area contributed by atoms with Crippen LogP contribution >= 0.6 is 0 Å². The Bertz CT molecular complexity index is 1160. The summed E-state index contributed by atoms with van der Waals surface area (Å²) < 4.78 is 51.9. The van der Waals surface area contributed by atoms with Gasteiger partial charge in [0.05, 0.1) is 24.5 Å². The lowest BCUT2D eigenvalue weighted by molar-refractivity contribution is -0.139. The quantitative estimate of drug-likeness (QED) is 0.292. The van der Waals surface area contributed by atoms with Crippen LogP contribution in [0.3, 0.4) is 0 Å². The Morgan fingerprint density at radius 2 is 1.94 bits per heavy atom. The number of benzene rings is 1. The third-order valence-electron chi connectivity index (χ3n) is 6.01. The van der Waals surface area contributed by atoms with Gasteiger partial charge in [0.15, 0.2) is 11.4 Å². The number of pyridine rings is 2. The van der Waals surface area contributed by atoms with Gasteiger partial charge in [0.25, 0.3) is 0 Å². The highest BCUT2D eigenvalue weighted by atomic mass is 19.4. The molecule has 0 spiro atoms. The number of carbonyl (C=O) groups excluding carboxylic acids is 1. The molecule has 0 aliphatic carbocycles. The van der Waals surface area contributed by atoms with E-state index in [1.54, 1.807) is 31.3 Å². The van der Waals surface area contributed by atoms with Crippen molar-refractivity contribution in [3.05, 3.63) is 65.0 Å². The topological polar surface area (TPSA) is 61.3 Å². The Morgan fingerprint density at radius 1 is 1.15 bits per heavy atom. The summed E-state index contributed by atoms with van der Waals surface area (Å²) in [6, 6.07) is 9.72. The number of carbonyl (C=O) groups is 1. The van der Waals surface area contributed by atoms with Crippen molar-refractivity contribution < 1.29 is 27.4 Å². The molecule has 4 rings (SSSR count). The van der Waals surface area contributed by atoms with Crippen LogP contribution in [0.5, 0.6) is 5.75 Å². The number of ketones is 1. The minimum Gasteiger partial charge on any atom is -0.490 e. The molecular weight excluding hydrogens is 445 g/mol. The van der Waals surface area contributed by atoms with Crippen LogP contribution in [0.1, 0.15) is 59.3 Å². The van der Waals surface area contributed by atoms with Gasteiger partial charge in [-0.25, -0.2) is 9.97 Å². The summed E-state index contributed by atoms with van der Waals surface area (Å²) >= 11 is 0. The van der Waals surface area contributed by atoms with Gasteiger partial charge in [-0.2, -0.15) is 13.2 Å². The zero-order valence-corrected chi connectivity index (χ0v) is 19.0. The van der Waals surface area contributed by atoms with Gasteiger partial charge in [0.2, 0.25) is 0 Å². The summed E-state index contributed by atoms with van der Waals surface area (Å²) in [7, 11) is 0. The molecule has 0 saturated carbocycles. The highest BCUT2D eigenvalue weighted by Gasteiger charge is 2.35. The third-order valence-corrected chi connectivity index (χ3v) is 6.01. The SMILES string of the molecule is Cc1nc2ncccc2cc1C(=O)CCCCc1ccc(OC2CCOCC2)c(C(F)(F)F)c1. The number of alkyl halides is 3. The fraction of sp³-hybridized carbons (Fsp3) is 0.423. The Hall–Kier alpha value is -3.00. The Kier molecular flexibility index (Phi) is 7.46. The molecule has 1 saturated heterocycles. The van der Waals surface area contributed by atoms with E-state index in [9.17, 15) is 18.0 Å². The fourth-order valence-electron chi connectivity index (χ4n) is 4.16. The highest BCUT2D eigenvalue weighted by Crippen LogP contribution is 2.38. The van der Waals surface area contributed by atoms with Gasteiger partial charge >= 0.3 is 6.18 Å². The van der Waals surface area contributed by atoms with Gasteiger partial charge in [-0.05, 0) is 62.1 Å². The number of hydrogen-bond donors (Lipinski definition) is 0. The zero-order chi connectivity index (χ0) is 24.1. The predicted octanol–water partition coefficient (Wildman–Crippen LogP) is 6.11. The number of Topliss-reactive ketones (excluding diaryl/α,β-unsaturated/α-hetero) is 1. The van der Waals surface area contributed by atoms with Gasteiger partial charge in [-0.1, -0.05) is 6.07 Å². The van der Waals surface area contributed by atoms with Crippen molar-refractivity contribution in [2.24, 2.45) is 0 Å². The lowest BCUT2D eigenvalue weighted by Gasteiger charge is -2.25. The summed E-state index contributed by atoms with van der Waals surface area (Å²) in [5.74, 6) is -0.154. The van der Waals surface area contributed by atoms with Crippen molar-refractivity contribution in [2.75, 3.05) is 13.2 Å². The van der Waals surface area contributed by atoms with Crippen molar-refractivity contribution in [1.29, 1.82) is 0 Å². The second kappa shape index (κ2) is 10.5. The third kappa shape index (κ3) is 5.91. The first-order valence-corrected chi connectivity index (χ1v) is 11.5. The van der Waals surface area contributed by atoms with Crippen LogP contribution in [0.25, 0.3) is 11.0 Å². The molecule has 1 aliphatic rings. The van der Waals surface area contributed by atoms with Crippen LogP contribution in [0.2, 0.25) is 0 Å². The molecule has 0 atom stereocenters. The average Bonchev–Trinajstić information content (AvgIpc) is 2.82. The largest absolute Gasteiger partial charge is 0.490 e. The van der Waals surface area contributed by atoms with E-state index < -0.39 is 11.7 Å². The lowest BCUT2D eigenvalue weighted by atomic mass is 9.99. The number of aromatic nitrogens is 2. The molecular formula is C26H27F3N2O3. The molecule has 8 heteroatoms. The number of ether oxygens (including phenoxy) is 2. The Balaban J connectivity index is 1.36. The standard InChI is InChI=1S/C26H27F3N2O3/c1-17-21(16-19-6-4-12-30-25(19)31-17)23(32)7-3-2-5-18-8-9-24(22(15-18)26(27,28)29)34-20-10-13-33-14-11-20/h4,6,8-9,12,15-16,20H,2-3,5,7,10-11,13-14H2,1H3. The van der Waals surface area contributed by atoms with E-state index in [0.717, 1.165) is 5.39 Å². The number of fused-ring (bicyclic) bond motifs is 1. The summed E-state index contributed by atoms with van der Waals surface area (Å²) in [6.07, 6.45) is -0.0125. The minimum atomic E-state index is -4.50. The summed E-state index contributed by atoms with van der Waals surface area (Å²) in [5.41, 5.74) is 1.62. The fourth-order valence-corrected chi connectivity index (χ4v) is 4.16. The molecule has 3 heterocycles. The molecule has 0 radical (unpaired) electrons. The normalized spacial score (nSPS) is 14.9. The monoisotopic (exact) mass is 472 g/mol. The van der Waals surface area contributed by atoms with Gasteiger partial charge in [-0.15, -0.1) is 0 Å². The average molecular weight is 473 g/mol. The van der Waals surface area contributed by atoms with Crippen LogP contribution in [0, 0.1) is 6.92 Å². The minimum absolute atomic E-state index is 0.0213. The van der Waals surface area contributed by atoms with Crippen LogP contribution in [-0.2, 0) is 17.3 Å². The number of halogens is 3. The highest BCUT2D eigenvalue weighted by molar-refractivity contribution is 5.99. The first-order chi connectivity index (χ1) is 16.3. The Morgan fingerprint density at radius 3 is 2.71 bits per heavy atom. The first kappa shape index (κ1) is 24.1. The van der Waals surface area contributed by atoms with Crippen LogP contribution in [-0.4, -0.2) is 35.1 Å². The van der Waals surface area contributed by atoms with Gasteiger partial charge < -0.3 is 9.47 Å². The van der Waals surface area contributed by atoms with Crippen LogP contribution in [0.15, 0.2) is 42.6 Å². The van der Waals surface area contributed by atoms with E-state index in [1.807, 2.05) is 6.07 Å². The van der Waals surface area contributed by atoms with Crippen molar-refractivity contribution in [1.82, 2.24) is 9.97 Å². The second-order valence-electron chi connectivity index (χ2n) is 8.56. The number of nitrogens with zero attached hydrogens (tertiary/aromatic N) is 2. The van der Waals surface area contributed by atoms with Crippen molar-refractivity contribution in [3.63, 3.8) is 0 Å². The van der Waals surface area contributed by atoms with Crippen LogP contribution in [0.4, 0.5) is 13.2 Å². The van der Waals surface area contributed by atoms with E-state index in [0.29, 0.717) is 74.2 Å². The maximum atomic E-state index is 13.7. The number of hydrogen-bond acceptors (Lipinski definition) is 5. The molecule has 5 nitrogen and oxygen atoms in total. The zero-order valence-electron chi connectivity index (χ0n) is 19.0. The van der Waals surface area contributed by atoms with Gasteiger partial charge in [-0.3, -0.25) is 4.79 Å². The van der Waals surface area contributed by atoms with Crippen molar-refractivity contribution in [2.45, 2.75) is 57.7 Å². The van der Waals surface area contributed by atoms with Gasteiger partial charge in [0.1, 0.15) is 11.9 Å². The van der Waals surface area contributed by atoms with E-state index in [4.69, 9.17) is 9.47 Å². The predicted molar refractivity (Wildman–Crippen MR) is 122 cm³/mol. The second-order valence-corrected chi connectivity index (χ2v) is 8.56. The number of rotatable bonds is 8. The van der Waals surface area contributed by atoms with E-state index in [2.05, 4.69) is 9.97 Å². The molecule has 2 aromatic heterocycles. The maximum Gasteiger partial charge on any atom is 0.419 e. The van der Waals surface area contributed by atoms with Crippen molar-refractivity contribution >= 4 is 16.8 Å². The maximum absolute atomic E-state index is 13.7. The molecule has 0 amide bonds. The molecule has 1 fully saturated rings. The molecule has 180 valence electrons. The smallest absolute Gasteiger partial charge is 0.419 e. The first-order valence-electron chi connectivity index (χ1n) is 11.5. The summed E-state index contributed by atoms with van der Waals surface area (Å²) in [4.78, 5) is 21.3. The van der Waals surface area contributed by atoms with Crippen LogP contribution < -0.4 is 4.74 Å². The molecule has 0 unspecified atom stereocenters. The van der Waals surface area contributed by atoms with E-state index in [1.165, 1.54) is 12.1 Å². The molecule has 34 heavy (non-hydrogen) atoms. The molecule has 1 aromatic carbocycles. The molecule has 3 aromatic rings. The summed E-state index contributed by atoms with van der Waals surface area (Å²) in [6.45, 7) is 2.77. The van der Waals surface area contributed by atoms with Gasteiger partial charge in [0, 0.05) is 36.4 Å². The molecule has 0 N–H and O–H groups in total.